The van der Waals surface area contributed by atoms with E-state index >= 15 is 0 Å². The van der Waals surface area contributed by atoms with Gasteiger partial charge in [-0.2, -0.15) is 0 Å². The second kappa shape index (κ2) is 41.1. The van der Waals surface area contributed by atoms with Gasteiger partial charge in [-0.05, 0) is 70.6 Å². The summed E-state index contributed by atoms with van der Waals surface area (Å²) in [5.41, 5.74) is 5.37. The van der Waals surface area contributed by atoms with Crippen molar-refractivity contribution in [2.45, 2.75) is 212 Å². The molecule has 0 spiro atoms. The van der Waals surface area contributed by atoms with Gasteiger partial charge >= 0.3 is 7.82 Å². The molecule has 0 bridgehead atoms. The molecule has 0 heterocycles. The summed E-state index contributed by atoms with van der Waals surface area (Å²) in [5, 5.41) is 13.6. The van der Waals surface area contributed by atoms with Crippen LogP contribution in [-0.2, 0) is 18.4 Å². The maximum Gasteiger partial charge on any atom is 0.472 e. The molecular weight excluding hydrogens is 695 g/mol. The first-order chi connectivity index (χ1) is 26.4. The minimum Gasteiger partial charge on any atom is -0.387 e. The highest BCUT2D eigenvalue weighted by atomic mass is 31.2. The first-order valence-corrected chi connectivity index (χ1v) is 23.8. The number of unbranched alkanes of at least 4 members (excludes halogenated alkanes) is 23. The summed E-state index contributed by atoms with van der Waals surface area (Å²) in [5.74, 6) is -0.214. The Bertz CT molecular complexity index is 985. The molecular formula is C45H85N2O6P. The maximum atomic E-state index is 12.8. The summed E-state index contributed by atoms with van der Waals surface area (Å²) < 4.78 is 22.1. The van der Waals surface area contributed by atoms with Crippen molar-refractivity contribution in [2.75, 3.05) is 19.8 Å². The molecule has 0 aliphatic carbocycles. The summed E-state index contributed by atoms with van der Waals surface area (Å²) in [4.78, 5) is 22.7. The number of aliphatic hydroxyl groups excluding tert-OH is 1. The highest BCUT2D eigenvalue weighted by Crippen LogP contribution is 2.43. The van der Waals surface area contributed by atoms with Gasteiger partial charge in [-0.3, -0.25) is 13.8 Å². The summed E-state index contributed by atoms with van der Waals surface area (Å²) in [6.07, 6.45) is 50.2. The Kier molecular flexibility index (Phi) is 39.9. The van der Waals surface area contributed by atoms with Gasteiger partial charge in [0, 0.05) is 13.0 Å². The van der Waals surface area contributed by atoms with E-state index in [1.807, 2.05) is 6.08 Å². The number of allylic oxidation sites excluding steroid dienone is 7. The SMILES string of the molecule is CCCCCCCCC/C=C\CCCCCCCCCC(=O)NC(COP(=O)(O)OCCN)C(O)/C=C/CC/C=C/CC/C=C/CCCCCCCCC. The smallest absolute Gasteiger partial charge is 0.387 e. The van der Waals surface area contributed by atoms with E-state index in [1.165, 1.54) is 135 Å². The summed E-state index contributed by atoms with van der Waals surface area (Å²) in [6, 6.07) is -0.885. The number of nitrogens with one attached hydrogen (secondary N) is 1. The normalized spacial score (nSPS) is 14.5. The lowest BCUT2D eigenvalue weighted by atomic mass is 10.1. The molecule has 3 unspecified atom stereocenters. The second-order valence-electron chi connectivity index (χ2n) is 14.9. The lowest BCUT2D eigenvalue weighted by Gasteiger charge is -2.23. The molecule has 0 aromatic rings. The third kappa shape index (κ3) is 38.7. The Labute approximate surface area is 332 Å². The van der Waals surface area contributed by atoms with Gasteiger partial charge in [0.15, 0.2) is 0 Å². The Morgan fingerprint density at radius 2 is 0.981 bits per heavy atom. The van der Waals surface area contributed by atoms with E-state index in [2.05, 4.69) is 55.6 Å². The Morgan fingerprint density at radius 3 is 1.43 bits per heavy atom. The minimum absolute atomic E-state index is 0.0701. The lowest BCUT2D eigenvalue weighted by molar-refractivity contribution is -0.123. The van der Waals surface area contributed by atoms with E-state index in [4.69, 9.17) is 14.8 Å². The average Bonchev–Trinajstić information content (AvgIpc) is 3.16. The van der Waals surface area contributed by atoms with Gasteiger partial charge in [0.25, 0.3) is 0 Å². The monoisotopic (exact) mass is 781 g/mol. The zero-order valence-electron chi connectivity index (χ0n) is 35.0. The fourth-order valence-electron chi connectivity index (χ4n) is 6.22. The molecule has 1 amide bonds. The van der Waals surface area contributed by atoms with Gasteiger partial charge in [0.2, 0.25) is 5.91 Å². The quantitative estimate of drug-likeness (QED) is 0.0276. The van der Waals surface area contributed by atoms with E-state index in [9.17, 15) is 19.4 Å². The van der Waals surface area contributed by atoms with E-state index in [0.717, 1.165) is 44.9 Å². The highest BCUT2D eigenvalue weighted by Gasteiger charge is 2.26. The van der Waals surface area contributed by atoms with Gasteiger partial charge in [-0.1, -0.05) is 172 Å². The Balaban J connectivity index is 4.29. The van der Waals surface area contributed by atoms with Crippen LogP contribution in [0.3, 0.4) is 0 Å². The summed E-state index contributed by atoms with van der Waals surface area (Å²) >= 11 is 0. The van der Waals surface area contributed by atoms with E-state index in [-0.39, 0.29) is 25.7 Å². The number of carbonyl (C=O) groups excluding carboxylic acids is 1. The van der Waals surface area contributed by atoms with Crippen LogP contribution in [0.4, 0.5) is 0 Å². The van der Waals surface area contributed by atoms with Crippen molar-refractivity contribution >= 4 is 13.7 Å². The zero-order chi connectivity index (χ0) is 39.6. The first kappa shape index (κ1) is 52.5. The van der Waals surface area contributed by atoms with Gasteiger partial charge in [-0.15, -0.1) is 0 Å². The van der Waals surface area contributed by atoms with Crippen LogP contribution in [0.15, 0.2) is 48.6 Å². The van der Waals surface area contributed by atoms with Crippen molar-refractivity contribution in [1.82, 2.24) is 5.32 Å². The number of phosphoric ester groups is 1. The molecule has 0 saturated heterocycles. The van der Waals surface area contributed by atoms with Crippen molar-refractivity contribution in [2.24, 2.45) is 5.73 Å². The average molecular weight is 781 g/mol. The molecule has 5 N–H and O–H groups in total. The fourth-order valence-corrected chi connectivity index (χ4v) is 6.98. The second-order valence-corrected chi connectivity index (χ2v) is 16.3. The first-order valence-electron chi connectivity index (χ1n) is 22.3. The third-order valence-electron chi connectivity index (χ3n) is 9.60. The molecule has 9 heteroatoms. The number of nitrogens with two attached hydrogens (primary N) is 1. The number of amides is 1. The van der Waals surface area contributed by atoms with Gasteiger partial charge in [-0.25, -0.2) is 4.57 Å². The molecule has 0 aromatic heterocycles. The number of hydrogen-bond acceptors (Lipinski definition) is 6. The lowest BCUT2D eigenvalue weighted by Crippen LogP contribution is -2.45. The van der Waals surface area contributed by atoms with E-state index < -0.39 is 20.0 Å². The topological polar surface area (TPSA) is 131 Å². The molecule has 0 saturated carbocycles. The molecule has 0 aromatic carbocycles. The van der Waals surface area contributed by atoms with E-state index in [1.54, 1.807) is 6.08 Å². The largest absolute Gasteiger partial charge is 0.472 e. The van der Waals surface area contributed by atoms with Crippen LogP contribution in [0.5, 0.6) is 0 Å². The van der Waals surface area contributed by atoms with Crippen LogP contribution in [-0.4, -0.2) is 47.8 Å². The van der Waals surface area contributed by atoms with Crippen molar-refractivity contribution < 1.29 is 28.4 Å². The minimum atomic E-state index is -4.35. The number of carbonyl (C=O) groups is 1. The van der Waals surface area contributed by atoms with Crippen molar-refractivity contribution in [3.8, 4) is 0 Å². The molecule has 54 heavy (non-hydrogen) atoms. The van der Waals surface area contributed by atoms with Crippen LogP contribution in [0.2, 0.25) is 0 Å². The molecule has 3 atom stereocenters. The zero-order valence-corrected chi connectivity index (χ0v) is 35.8. The number of hydrogen-bond donors (Lipinski definition) is 4. The number of phosphoric acid groups is 1. The Hall–Kier alpha value is -1.54. The van der Waals surface area contributed by atoms with Crippen LogP contribution < -0.4 is 11.1 Å². The molecule has 0 fully saturated rings. The van der Waals surface area contributed by atoms with Gasteiger partial charge in [0.05, 0.1) is 25.4 Å². The predicted octanol–water partition coefficient (Wildman–Crippen LogP) is 12.5. The molecule has 0 rings (SSSR count). The maximum absolute atomic E-state index is 12.8. The van der Waals surface area contributed by atoms with E-state index in [0.29, 0.717) is 6.42 Å². The fraction of sp³-hybridized carbons (Fsp3) is 0.800. The third-order valence-corrected chi connectivity index (χ3v) is 10.6. The highest BCUT2D eigenvalue weighted by molar-refractivity contribution is 7.47. The molecule has 316 valence electrons. The van der Waals surface area contributed by atoms with Crippen LogP contribution in [0.25, 0.3) is 0 Å². The number of aliphatic hydroxyl groups is 1. The summed E-state index contributed by atoms with van der Waals surface area (Å²) in [7, 11) is -4.35. The van der Waals surface area contributed by atoms with Crippen molar-refractivity contribution in [3.63, 3.8) is 0 Å². The van der Waals surface area contributed by atoms with Gasteiger partial charge in [0.1, 0.15) is 0 Å². The predicted molar refractivity (Wildman–Crippen MR) is 231 cm³/mol. The standard InChI is InChI=1S/C45H85N2O6P/c1-3-5-7-9-11-13-15-17-19-21-23-25-27-29-31-33-35-37-39-45(49)47-43(42-53-54(50,51)52-41-40-46)44(48)38-36-34-32-30-28-26-24-22-20-18-16-14-12-10-8-6-4-2/h19-22,28,30,36,38,43-44,48H,3-18,23-27,29,31-35,37,39-42,46H2,1-2H3,(H,47,49)(H,50,51)/b21-19-,22-20+,30-28+,38-36+. The van der Waals surface area contributed by atoms with Crippen molar-refractivity contribution in [1.29, 1.82) is 0 Å². The van der Waals surface area contributed by atoms with Gasteiger partial charge < -0.3 is 21.1 Å². The summed E-state index contributed by atoms with van der Waals surface area (Å²) in [6.45, 7) is 4.09. The van der Waals surface area contributed by atoms with Crippen LogP contribution in [0.1, 0.15) is 200 Å². The van der Waals surface area contributed by atoms with Crippen LogP contribution in [0, 0.1) is 0 Å². The Morgan fingerprint density at radius 1 is 0.593 bits per heavy atom. The van der Waals surface area contributed by atoms with Crippen LogP contribution >= 0.6 is 7.82 Å². The number of rotatable bonds is 41. The van der Waals surface area contributed by atoms with Crippen molar-refractivity contribution in [3.05, 3.63) is 48.6 Å². The molecule has 0 radical (unpaired) electrons. The molecule has 0 aliphatic heterocycles. The molecule has 8 nitrogen and oxygen atoms in total. The molecule has 0 aliphatic rings.